The van der Waals surface area contributed by atoms with Crippen LogP contribution in [0.15, 0.2) is 75.2 Å². The van der Waals surface area contributed by atoms with Crippen molar-refractivity contribution in [3.8, 4) is 11.3 Å². The van der Waals surface area contributed by atoms with Crippen molar-refractivity contribution in [2.45, 2.75) is 20.0 Å². The van der Waals surface area contributed by atoms with Crippen molar-refractivity contribution in [3.05, 3.63) is 82.6 Å². The lowest BCUT2D eigenvalue weighted by Crippen LogP contribution is -2.50. The van der Waals surface area contributed by atoms with Crippen LogP contribution in [0.3, 0.4) is 0 Å². The van der Waals surface area contributed by atoms with Crippen LogP contribution in [0.2, 0.25) is 0 Å². The van der Waals surface area contributed by atoms with E-state index in [-0.39, 0.29) is 11.9 Å². The highest BCUT2D eigenvalue weighted by atomic mass is 32.2. The molecule has 0 saturated heterocycles. The first-order chi connectivity index (χ1) is 16.6. The van der Waals surface area contributed by atoms with E-state index in [1.807, 2.05) is 55.5 Å². The monoisotopic (exact) mass is 474 g/mol. The van der Waals surface area contributed by atoms with Gasteiger partial charge in [-0.2, -0.15) is 0 Å². The summed E-state index contributed by atoms with van der Waals surface area (Å²) in [6.07, 6.45) is -0.629. The third kappa shape index (κ3) is 3.99. The Labute approximate surface area is 200 Å². The quantitative estimate of drug-likeness (QED) is 0.571. The van der Waals surface area contributed by atoms with Crippen LogP contribution in [0.5, 0.6) is 0 Å². The Hall–Kier alpha value is -3.85. The molecule has 0 radical (unpaired) electrons. The van der Waals surface area contributed by atoms with Crippen LogP contribution < -0.4 is 15.9 Å². The lowest BCUT2D eigenvalue weighted by atomic mass is 10.1. The maximum absolute atomic E-state index is 13.0. The topological polar surface area (TPSA) is 96.5 Å². The summed E-state index contributed by atoms with van der Waals surface area (Å²) in [6, 6.07) is 18.2. The van der Waals surface area contributed by atoms with Gasteiger partial charge >= 0.3 is 5.97 Å². The number of hydrogen-bond donors (Lipinski definition) is 1. The molecule has 0 saturated carbocycles. The third-order valence-corrected chi connectivity index (χ3v) is 6.10. The summed E-state index contributed by atoms with van der Waals surface area (Å²) in [6.45, 7) is 4.09. The number of rotatable bonds is 5. The lowest BCUT2D eigenvalue weighted by Gasteiger charge is -2.32. The third-order valence-electron chi connectivity index (χ3n) is 5.36. The number of carbonyl (C=O) groups is 2. The van der Waals surface area contributed by atoms with Gasteiger partial charge in [0.05, 0.1) is 17.5 Å². The summed E-state index contributed by atoms with van der Waals surface area (Å²) in [5.74, 6) is 1.36. The van der Waals surface area contributed by atoms with Gasteiger partial charge in [-0.1, -0.05) is 49.0 Å². The average Bonchev–Trinajstić information content (AvgIpc) is 3.34. The van der Waals surface area contributed by atoms with Crippen molar-refractivity contribution < 1.29 is 18.7 Å². The number of para-hydroxylation sites is 1. The van der Waals surface area contributed by atoms with Crippen molar-refractivity contribution in [2.24, 2.45) is 10.1 Å². The minimum atomic E-state index is -0.629. The number of esters is 1. The van der Waals surface area contributed by atoms with Crippen molar-refractivity contribution in [1.29, 1.82) is 0 Å². The maximum atomic E-state index is 13.0. The highest BCUT2D eigenvalue weighted by Crippen LogP contribution is 2.34. The number of ether oxygens (including phenoxy) is 1. The van der Waals surface area contributed by atoms with Crippen LogP contribution in [0, 0.1) is 0 Å². The van der Waals surface area contributed by atoms with Crippen LogP contribution in [0.1, 0.15) is 36.1 Å². The smallest absolute Gasteiger partial charge is 0.338 e. The molecular formula is C25H22N4O4S. The van der Waals surface area contributed by atoms with Crippen LogP contribution >= 0.6 is 11.8 Å². The molecule has 2 aliphatic rings. The second-order valence-electron chi connectivity index (χ2n) is 7.51. The molecule has 0 fully saturated rings. The SMILES string of the molecule is CCOC(=O)c1ccc(-c2ccc([C@H]3N=c4ccccc4=C4C(=O)NC(SCC)=NN43)o2)cc1. The second kappa shape index (κ2) is 9.18. The molecule has 2 aromatic carbocycles. The van der Waals surface area contributed by atoms with E-state index >= 15 is 0 Å². The molecule has 2 aliphatic heterocycles. The minimum absolute atomic E-state index is 0.223. The van der Waals surface area contributed by atoms with Gasteiger partial charge in [-0.25, -0.2) is 14.8 Å². The molecule has 0 unspecified atom stereocenters. The van der Waals surface area contributed by atoms with E-state index in [0.29, 0.717) is 39.9 Å². The molecule has 3 heterocycles. The van der Waals surface area contributed by atoms with Crippen LogP contribution in [0.4, 0.5) is 0 Å². The minimum Gasteiger partial charge on any atom is -0.462 e. The summed E-state index contributed by atoms with van der Waals surface area (Å²) < 4.78 is 11.2. The zero-order valence-corrected chi connectivity index (χ0v) is 19.5. The molecule has 3 aromatic rings. The van der Waals surface area contributed by atoms with E-state index in [1.54, 1.807) is 24.1 Å². The van der Waals surface area contributed by atoms with Gasteiger partial charge in [-0.15, -0.1) is 5.10 Å². The van der Waals surface area contributed by atoms with Crippen molar-refractivity contribution in [3.63, 3.8) is 0 Å². The van der Waals surface area contributed by atoms with Gasteiger partial charge < -0.3 is 9.15 Å². The van der Waals surface area contributed by atoms with E-state index in [9.17, 15) is 9.59 Å². The molecule has 34 heavy (non-hydrogen) atoms. The number of nitrogens with zero attached hydrogens (tertiary/aromatic N) is 3. The van der Waals surface area contributed by atoms with Crippen LogP contribution in [0.25, 0.3) is 17.0 Å². The fourth-order valence-corrected chi connectivity index (χ4v) is 4.43. The average molecular weight is 475 g/mol. The largest absolute Gasteiger partial charge is 0.462 e. The molecule has 9 heteroatoms. The molecule has 0 aliphatic carbocycles. The zero-order chi connectivity index (χ0) is 23.7. The molecule has 0 bridgehead atoms. The Morgan fingerprint density at radius 3 is 2.68 bits per heavy atom. The lowest BCUT2D eigenvalue weighted by molar-refractivity contribution is -0.116. The number of fused-ring (bicyclic) bond motifs is 2. The fourth-order valence-electron chi connectivity index (χ4n) is 3.85. The zero-order valence-electron chi connectivity index (χ0n) is 18.6. The summed E-state index contributed by atoms with van der Waals surface area (Å²) in [5.41, 5.74) is 1.72. The summed E-state index contributed by atoms with van der Waals surface area (Å²) in [7, 11) is 0. The number of nitrogens with one attached hydrogen (secondary N) is 1. The number of amidine groups is 1. The van der Waals surface area contributed by atoms with E-state index in [1.165, 1.54) is 11.8 Å². The number of furan rings is 1. The van der Waals surface area contributed by atoms with Gasteiger partial charge in [-0.3, -0.25) is 10.1 Å². The standard InChI is InChI=1S/C25H22N4O4S/c1-3-32-24(31)16-11-9-15(10-12-16)19-13-14-20(33-19)22-26-18-8-6-5-7-17(18)21-23(30)27-25(34-4-2)28-29(21)22/h5-14,22H,3-4H2,1-2H3,(H,27,28,30)/t22-/m0/s1. The fraction of sp³-hybridized carbons (Fsp3) is 0.200. The van der Waals surface area contributed by atoms with Gasteiger partial charge in [0.15, 0.2) is 10.9 Å². The number of thioether (sulfide) groups is 1. The van der Waals surface area contributed by atoms with Gasteiger partial charge in [0.1, 0.15) is 11.5 Å². The predicted octanol–water partition coefficient (Wildman–Crippen LogP) is 3.02. The van der Waals surface area contributed by atoms with Gasteiger partial charge in [0.2, 0.25) is 6.17 Å². The van der Waals surface area contributed by atoms with E-state index in [2.05, 4.69) is 10.4 Å². The normalized spacial score (nSPS) is 16.7. The summed E-state index contributed by atoms with van der Waals surface area (Å²) >= 11 is 1.45. The Morgan fingerprint density at radius 1 is 1.12 bits per heavy atom. The second-order valence-corrected chi connectivity index (χ2v) is 8.76. The Kier molecular flexibility index (Phi) is 5.93. The van der Waals surface area contributed by atoms with Crippen molar-refractivity contribution in [2.75, 3.05) is 12.4 Å². The summed E-state index contributed by atoms with van der Waals surface area (Å²) in [5, 5.41) is 11.1. The first kappa shape index (κ1) is 22.0. The molecule has 1 amide bonds. The van der Waals surface area contributed by atoms with E-state index < -0.39 is 6.17 Å². The highest BCUT2D eigenvalue weighted by molar-refractivity contribution is 8.13. The Morgan fingerprint density at radius 2 is 1.91 bits per heavy atom. The number of hydrogen-bond acceptors (Lipinski definition) is 8. The number of benzene rings is 2. The molecule has 1 atom stereocenters. The Balaban J connectivity index is 1.53. The Bertz CT molecular complexity index is 1410. The van der Waals surface area contributed by atoms with Crippen LogP contribution in [-0.4, -0.2) is 34.4 Å². The van der Waals surface area contributed by atoms with Crippen LogP contribution in [-0.2, 0) is 9.53 Å². The van der Waals surface area contributed by atoms with Crippen molar-refractivity contribution in [1.82, 2.24) is 10.3 Å². The number of amides is 1. The molecule has 8 nitrogen and oxygen atoms in total. The first-order valence-corrected chi connectivity index (χ1v) is 11.9. The number of carbonyl (C=O) groups excluding carboxylic acids is 2. The van der Waals surface area contributed by atoms with Crippen molar-refractivity contribution >= 4 is 34.5 Å². The van der Waals surface area contributed by atoms with Gasteiger partial charge in [0.25, 0.3) is 5.91 Å². The van der Waals surface area contributed by atoms with Gasteiger partial charge in [-0.05, 0) is 43.0 Å². The molecule has 5 rings (SSSR count). The number of hydrazone groups is 1. The molecule has 1 aromatic heterocycles. The van der Waals surface area contributed by atoms with E-state index in [0.717, 1.165) is 16.5 Å². The molecule has 172 valence electrons. The summed E-state index contributed by atoms with van der Waals surface area (Å²) in [4.78, 5) is 29.8. The maximum Gasteiger partial charge on any atom is 0.338 e. The predicted molar refractivity (Wildman–Crippen MR) is 129 cm³/mol. The molecular weight excluding hydrogens is 452 g/mol. The molecule has 0 spiro atoms. The van der Waals surface area contributed by atoms with Gasteiger partial charge in [0, 0.05) is 10.8 Å². The highest BCUT2D eigenvalue weighted by Gasteiger charge is 2.35. The first-order valence-electron chi connectivity index (χ1n) is 11.0. The van der Waals surface area contributed by atoms with E-state index in [4.69, 9.17) is 14.1 Å². The molecule has 1 N–H and O–H groups in total.